The van der Waals surface area contributed by atoms with Crippen LogP contribution in [0, 0.1) is 10.1 Å². The van der Waals surface area contributed by atoms with Crippen LogP contribution in [0.15, 0.2) is 23.1 Å². The Hall–Kier alpha value is -1.01. The molecule has 0 aromatic rings. The average Bonchev–Trinajstić information content (AvgIpc) is 2.03. The summed E-state index contributed by atoms with van der Waals surface area (Å²) in [6.07, 6.45) is 4.60. The zero-order valence-electron chi connectivity index (χ0n) is 7.17. The van der Waals surface area contributed by atoms with Crippen LogP contribution in [0.3, 0.4) is 0 Å². The smallest absolute Gasteiger partial charge is 0.222 e. The Morgan fingerprint density at radius 1 is 1.69 bits per heavy atom. The normalized spacial score (nSPS) is 14.8. The molecule has 0 saturated heterocycles. The van der Waals surface area contributed by atoms with E-state index in [4.69, 9.17) is 4.55 Å². The number of rotatable bonds is 5. The van der Waals surface area contributed by atoms with Gasteiger partial charge in [-0.05, 0) is 18.6 Å². The van der Waals surface area contributed by atoms with Crippen LogP contribution in [0.2, 0.25) is 0 Å². The first-order valence-electron chi connectivity index (χ1n) is 3.66. The summed E-state index contributed by atoms with van der Waals surface area (Å²) in [5, 5.41) is 9.87. The molecule has 1 unspecified atom stereocenters. The Morgan fingerprint density at radius 2 is 2.31 bits per heavy atom. The second-order valence-electron chi connectivity index (χ2n) is 2.18. The highest BCUT2D eigenvalue weighted by Gasteiger charge is 1.98. The molecule has 6 heteroatoms. The molecule has 0 aromatic carbocycles. The molecule has 0 spiro atoms. The predicted octanol–water partition coefficient (Wildman–Crippen LogP) is 1.33. The fourth-order valence-electron chi connectivity index (χ4n) is 0.622. The van der Waals surface area contributed by atoms with Gasteiger partial charge >= 0.3 is 0 Å². The van der Waals surface area contributed by atoms with E-state index in [-0.39, 0.29) is 6.54 Å². The maximum Gasteiger partial charge on any atom is 0.222 e. The van der Waals surface area contributed by atoms with Crippen molar-refractivity contribution >= 4 is 11.1 Å². The van der Waals surface area contributed by atoms with E-state index in [0.717, 1.165) is 0 Å². The van der Waals surface area contributed by atoms with Gasteiger partial charge in [-0.1, -0.05) is 13.0 Å². The van der Waals surface area contributed by atoms with Gasteiger partial charge in [0.1, 0.15) is 0 Å². The van der Waals surface area contributed by atoms with Gasteiger partial charge in [0.05, 0.1) is 0 Å². The fraction of sp³-hybridized carbons (Fsp3) is 0.429. The summed E-state index contributed by atoms with van der Waals surface area (Å²) >= 11 is -1.98. The number of hydrogen-bond acceptors (Lipinski definition) is 3. The SMILES string of the molecule is CC/C(=C\C=C/C[N+](=O)[O-])S(=O)O. The van der Waals surface area contributed by atoms with Crippen LogP contribution in [-0.2, 0) is 11.1 Å². The molecular weight excluding hydrogens is 194 g/mol. The first-order valence-corrected chi connectivity index (χ1v) is 4.77. The van der Waals surface area contributed by atoms with Gasteiger partial charge in [-0.25, -0.2) is 4.21 Å². The minimum Gasteiger partial charge on any atom is -0.302 e. The molecule has 0 rings (SSSR count). The maximum atomic E-state index is 10.5. The minimum absolute atomic E-state index is 0.272. The summed E-state index contributed by atoms with van der Waals surface area (Å²) in [6.45, 7) is 1.47. The summed E-state index contributed by atoms with van der Waals surface area (Å²) in [6, 6.07) is 0. The van der Waals surface area contributed by atoms with Crippen LogP contribution < -0.4 is 0 Å². The molecule has 74 valence electrons. The molecule has 0 saturated carbocycles. The van der Waals surface area contributed by atoms with Gasteiger partial charge in [0.15, 0.2) is 11.1 Å². The van der Waals surface area contributed by atoms with Crippen molar-refractivity contribution in [3.8, 4) is 0 Å². The minimum atomic E-state index is -1.98. The maximum absolute atomic E-state index is 10.5. The lowest BCUT2D eigenvalue weighted by Gasteiger charge is -1.93. The molecule has 0 radical (unpaired) electrons. The van der Waals surface area contributed by atoms with Crippen molar-refractivity contribution in [1.82, 2.24) is 0 Å². The molecule has 0 aliphatic rings. The van der Waals surface area contributed by atoms with Gasteiger partial charge < -0.3 is 4.55 Å². The Labute approximate surface area is 78.6 Å². The summed E-state index contributed by atoms with van der Waals surface area (Å²) in [7, 11) is 0. The van der Waals surface area contributed by atoms with E-state index in [9.17, 15) is 14.3 Å². The third-order valence-electron chi connectivity index (χ3n) is 1.25. The van der Waals surface area contributed by atoms with Gasteiger partial charge in [-0.2, -0.15) is 0 Å². The number of nitro groups is 1. The largest absolute Gasteiger partial charge is 0.302 e. The molecule has 5 nitrogen and oxygen atoms in total. The lowest BCUT2D eigenvalue weighted by atomic mass is 10.4. The van der Waals surface area contributed by atoms with Crippen LogP contribution in [0.25, 0.3) is 0 Å². The molecule has 0 heterocycles. The van der Waals surface area contributed by atoms with Crippen LogP contribution in [-0.4, -0.2) is 20.2 Å². The van der Waals surface area contributed by atoms with Crippen molar-refractivity contribution in [3.63, 3.8) is 0 Å². The summed E-state index contributed by atoms with van der Waals surface area (Å²) < 4.78 is 19.2. The quantitative estimate of drug-likeness (QED) is 0.318. The second-order valence-corrected chi connectivity index (χ2v) is 3.20. The van der Waals surface area contributed by atoms with E-state index in [1.165, 1.54) is 18.2 Å². The number of allylic oxidation sites excluding steroid dienone is 3. The van der Waals surface area contributed by atoms with Gasteiger partial charge in [-0.3, -0.25) is 10.1 Å². The predicted molar refractivity (Wildman–Crippen MR) is 50.1 cm³/mol. The highest BCUT2D eigenvalue weighted by molar-refractivity contribution is 7.83. The molecule has 13 heavy (non-hydrogen) atoms. The monoisotopic (exact) mass is 205 g/mol. The lowest BCUT2D eigenvalue weighted by molar-refractivity contribution is -0.468. The van der Waals surface area contributed by atoms with E-state index < -0.39 is 16.0 Å². The van der Waals surface area contributed by atoms with Crippen molar-refractivity contribution in [3.05, 3.63) is 33.2 Å². The van der Waals surface area contributed by atoms with E-state index in [1.54, 1.807) is 6.92 Å². The molecule has 0 aromatic heterocycles. The Bertz CT molecular complexity index is 259. The van der Waals surface area contributed by atoms with Crippen molar-refractivity contribution in [2.75, 3.05) is 6.54 Å². The van der Waals surface area contributed by atoms with Crippen LogP contribution in [0.4, 0.5) is 0 Å². The van der Waals surface area contributed by atoms with Gasteiger partial charge in [0.25, 0.3) is 0 Å². The zero-order chi connectivity index (χ0) is 10.3. The Balaban J connectivity index is 4.14. The Morgan fingerprint density at radius 3 is 2.69 bits per heavy atom. The first-order chi connectivity index (χ1) is 6.07. The van der Waals surface area contributed by atoms with Crippen molar-refractivity contribution in [2.24, 2.45) is 0 Å². The highest BCUT2D eigenvalue weighted by Crippen LogP contribution is 2.04. The summed E-state index contributed by atoms with van der Waals surface area (Å²) in [5.41, 5.74) is 0. The van der Waals surface area contributed by atoms with Crippen molar-refractivity contribution in [1.29, 1.82) is 0 Å². The second kappa shape index (κ2) is 6.50. The van der Waals surface area contributed by atoms with Crippen molar-refractivity contribution in [2.45, 2.75) is 13.3 Å². The van der Waals surface area contributed by atoms with E-state index in [2.05, 4.69) is 0 Å². The van der Waals surface area contributed by atoms with Crippen LogP contribution in [0.5, 0.6) is 0 Å². The summed E-state index contributed by atoms with van der Waals surface area (Å²) in [4.78, 5) is 9.74. The highest BCUT2D eigenvalue weighted by atomic mass is 32.2. The van der Waals surface area contributed by atoms with Crippen LogP contribution in [0.1, 0.15) is 13.3 Å². The molecule has 0 amide bonds. The summed E-state index contributed by atoms with van der Waals surface area (Å²) in [5.74, 6) is 0. The Kier molecular flexibility index (Phi) is 5.99. The van der Waals surface area contributed by atoms with Crippen molar-refractivity contribution < 1.29 is 13.7 Å². The van der Waals surface area contributed by atoms with Crippen LogP contribution >= 0.6 is 0 Å². The first kappa shape index (κ1) is 12.0. The van der Waals surface area contributed by atoms with Gasteiger partial charge in [-0.15, -0.1) is 0 Å². The number of hydrogen-bond donors (Lipinski definition) is 1. The zero-order valence-corrected chi connectivity index (χ0v) is 7.99. The van der Waals surface area contributed by atoms with E-state index in [0.29, 0.717) is 11.3 Å². The molecule has 0 aliphatic carbocycles. The number of nitrogens with zero attached hydrogens (tertiary/aromatic N) is 1. The van der Waals surface area contributed by atoms with E-state index >= 15 is 0 Å². The molecule has 0 aliphatic heterocycles. The molecule has 1 N–H and O–H groups in total. The fourth-order valence-corrected chi connectivity index (χ4v) is 1.06. The third-order valence-corrected chi connectivity index (χ3v) is 2.12. The standard InChI is InChI=1S/C7H11NO4S/c1-2-7(13(11)12)5-3-4-6-8(9)10/h3-5H,2,6H2,1H3,(H,11,12)/b4-3-,7-5+. The topological polar surface area (TPSA) is 80.4 Å². The average molecular weight is 205 g/mol. The van der Waals surface area contributed by atoms with Gasteiger partial charge in [0, 0.05) is 9.83 Å². The molecule has 0 fully saturated rings. The third kappa shape index (κ3) is 6.18. The molecular formula is C7H11NO4S. The molecule has 1 atom stereocenters. The molecule has 0 bridgehead atoms. The lowest BCUT2D eigenvalue weighted by Crippen LogP contribution is -1.95. The van der Waals surface area contributed by atoms with E-state index in [1.807, 2.05) is 0 Å². The van der Waals surface area contributed by atoms with Gasteiger partial charge in [0.2, 0.25) is 6.54 Å².